The second kappa shape index (κ2) is 6.33. The summed E-state index contributed by atoms with van der Waals surface area (Å²) >= 11 is 0. The Kier molecular flexibility index (Phi) is 5.05. The van der Waals surface area contributed by atoms with E-state index in [2.05, 4.69) is 5.32 Å². The van der Waals surface area contributed by atoms with E-state index in [0.717, 1.165) is 5.69 Å². The van der Waals surface area contributed by atoms with Crippen molar-refractivity contribution in [1.82, 2.24) is 0 Å². The molecule has 0 amide bonds. The molecule has 1 aromatic carbocycles. The van der Waals surface area contributed by atoms with Gasteiger partial charge in [-0.15, -0.1) is 0 Å². The maximum Gasteiger partial charge on any atom is 0.167 e. The lowest BCUT2D eigenvalue weighted by molar-refractivity contribution is 0.129. The van der Waals surface area contributed by atoms with Crippen LogP contribution >= 0.6 is 0 Å². The SMILES string of the molecule is CCOc1ccc(NCC(C)OC)cc1F. The van der Waals surface area contributed by atoms with Gasteiger partial charge in [-0.1, -0.05) is 0 Å². The smallest absolute Gasteiger partial charge is 0.167 e. The van der Waals surface area contributed by atoms with Crippen molar-refractivity contribution in [3.63, 3.8) is 0 Å². The molecule has 0 fully saturated rings. The molecule has 1 aromatic rings. The van der Waals surface area contributed by atoms with Gasteiger partial charge in [-0.2, -0.15) is 0 Å². The lowest BCUT2D eigenvalue weighted by atomic mass is 10.2. The average Bonchev–Trinajstić information content (AvgIpc) is 2.29. The van der Waals surface area contributed by atoms with Crippen molar-refractivity contribution in [2.45, 2.75) is 20.0 Å². The van der Waals surface area contributed by atoms with Crippen molar-refractivity contribution in [1.29, 1.82) is 0 Å². The molecule has 0 heterocycles. The van der Waals surface area contributed by atoms with Gasteiger partial charge >= 0.3 is 0 Å². The van der Waals surface area contributed by atoms with Crippen LogP contribution in [0.1, 0.15) is 13.8 Å². The molecule has 90 valence electrons. The minimum atomic E-state index is -0.350. The van der Waals surface area contributed by atoms with Crippen molar-refractivity contribution < 1.29 is 13.9 Å². The van der Waals surface area contributed by atoms with Crippen LogP contribution in [0, 0.1) is 5.82 Å². The van der Waals surface area contributed by atoms with Gasteiger partial charge in [0.1, 0.15) is 0 Å². The lowest BCUT2D eigenvalue weighted by Crippen LogP contribution is -2.18. The molecule has 0 aromatic heterocycles. The topological polar surface area (TPSA) is 30.5 Å². The zero-order chi connectivity index (χ0) is 12.0. The van der Waals surface area contributed by atoms with E-state index in [0.29, 0.717) is 13.2 Å². The van der Waals surface area contributed by atoms with Gasteiger partial charge in [0.15, 0.2) is 11.6 Å². The predicted octanol–water partition coefficient (Wildman–Crippen LogP) is 2.67. The first-order valence-corrected chi connectivity index (χ1v) is 5.36. The molecule has 3 nitrogen and oxygen atoms in total. The quantitative estimate of drug-likeness (QED) is 0.810. The van der Waals surface area contributed by atoms with Crippen LogP contribution in [0.5, 0.6) is 5.75 Å². The van der Waals surface area contributed by atoms with Gasteiger partial charge in [-0.05, 0) is 26.0 Å². The number of halogens is 1. The van der Waals surface area contributed by atoms with E-state index in [1.165, 1.54) is 6.07 Å². The number of hydrogen-bond donors (Lipinski definition) is 1. The maximum atomic E-state index is 13.4. The first-order valence-electron chi connectivity index (χ1n) is 5.36. The third-order valence-electron chi connectivity index (χ3n) is 2.23. The van der Waals surface area contributed by atoms with E-state index in [1.807, 2.05) is 13.8 Å². The summed E-state index contributed by atoms with van der Waals surface area (Å²) in [6.07, 6.45) is 0.0922. The fraction of sp³-hybridized carbons (Fsp3) is 0.500. The highest BCUT2D eigenvalue weighted by Gasteiger charge is 2.05. The number of anilines is 1. The van der Waals surface area contributed by atoms with Gasteiger partial charge in [0.25, 0.3) is 0 Å². The molecule has 4 heteroatoms. The highest BCUT2D eigenvalue weighted by atomic mass is 19.1. The van der Waals surface area contributed by atoms with Crippen molar-refractivity contribution in [2.24, 2.45) is 0 Å². The van der Waals surface area contributed by atoms with Gasteiger partial charge in [0.05, 0.1) is 12.7 Å². The summed E-state index contributed by atoms with van der Waals surface area (Å²) in [4.78, 5) is 0. The fourth-order valence-corrected chi connectivity index (χ4v) is 1.23. The second-order valence-corrected chi connectivity index (χ2v) is 3.51. The van der Waals surface area contributed by atoms with Crippen molar-refractivity contribution in [3.05, 3.63) is 24.0 Å². The summed E-state index contributed by atoms with van der Waals surface area (Å²) in [5.74, 6) is -0.0650. The molecule has 0 aliphatic carbocycles. The summed E-state index contributed by atoms with van der Waals surface area (Å²) < 4.78 is 23.6. The molecule has 1 unspecified atom stereocenters. The zero-order valence-corrected chi connectivity index (χ0v) is 9.92. The minimum absolute atomic E-state index is 0.0922. The Morgan fingerprint density at radius 1 is 1.44 bits per heavy atom. The molecule has 1 rings (SSSR count). The highest BCUT2D eigenvalue weighted by Crippen LogP contribution is 2.21. The third kappa shape index (κ3) is 3.70. The minimum Gasteiger partial charge on any atom is -0.491 e. The summed E-state index contributed by atoms with van der Waals surface area (Å²) in [5, 5.41) is 3.08. The number of nitrogens with one attached hydrogen (secondary N) is 1. The third-order valence-corrected chi connectivity index (χ3v) is 2.23. The van der Waals surface area contributed by atoms with Crippen LogP contribution in [-0.4, -0.2) is 26.4 Å². The molecule has 0 radical (unpaired) electrons. The molecule has 0 aliphatic rings. The molecule has 0 bridgehead atoms. The van der Waals surface area contributed by atoms with Gasteiger partial charge < -0.3 is 14.8 Å². The Balaban J connectivity index is 2.59. The molecule has 1 N–H and O–H groups in total. The molecule has 0 saturated carbocycles. The standard InChI is InChI=1S/C12H18FNO2/c1-4-16-12-6-5-10(7-11(12)13)14-8-9(2)15-3/h5-7,9,14H,4,8H2,1-3H3. The number of rotatable bonds is 6. The Labute approximate surface area is 95.6 Å². The summed E-state index contributed by atoms with van der Waals surface area (Å²) in [5.41, 5.74) is 0.727. The zero-order valence-electron chi connectivity index (χ0n) is 9.92. The van der Waals surface area contributed by atoms with Crippen LogP contribution in [0.3, 0.4) is 0 Å². The fourth-order valence-electron chi connectivity index (χ4n) is 1.23. The van der Waals surface area contributed by atoms with Gasteiger partial charge in [0, 0.05) is 25.4 Å². The molecule has 0 aliphatic heterocycles. The first kappa shape index (κ1) is 12.8. The molecule has 0 saturated heterocycles. The van der Waals surface area contributed by atoms with E-state index >= 15 is 0 Å². The van der Waals surface area contributed by atoms with E-state index < -0.39 is 0 Å². The van der Waals surface area contributed by atoms with Crippen molar-refractivity contribution >= 4 is 5.69 Å². The predicted molar refractivity (Wildman–Crippen MR) is 62.5 cm³/mol. The van der Waals surface area contributed by atoms with Gasteiger partial charge in [0.2, 0.25) is 0 Å². The molecular weight excluding hydrogens is 209 g/mol. The summed E-state index contributed by atoms with van der Waals surface area (Å²) in [7, 11) is 1.64. The Morgan fingerprint density at radius 2 is 2.19 bits per heavy atom. The number of hydrogen-bond acceptors (Lipinski definition) is 3. The average molecular weight is 227 g/mol. The molecule has 0 spiro atoms. The van der Waals surface area contributed by atoms with Gasteiger partial charge in [-0.25, -0.2) is 4.39 Å². The molecular formula is C12H18FNO2. The maximum absolute atomic E-state index is 13.4. The number of ether oxygens (including phenoxy) is 2. The molecule has 16 heavy (non-hydrogen) atoms. The second-order valence-electron chi connectivity index (χ2n) is 3.51. The summed E-state index contributed by atoms with van der Waals surface area (Å²) in [6, 6.07) is 4.84. The largest absolute Gasteiger partial charge is 0.491 e. The lowest BCUT2D eigenvalue weighted by Gasteiger charge is -2.12. The van der Waals surface area contributed by atoms with E-state index in [4.69, 9.17) is 9.47 Å². The molecule has 1 atom stereocenters. The van der Waals surface area contributed by atoms with Crippen LogP contribution in [0.2, 0.25) is 0 Å². The Hall–Kier alpha value is -1.29. The van der Waals surface area contributed by atoms with Crippen LogP contribution in [-0.2, 0) is 4.74 Å². The Bertz CT molecular complexity index is 331. The van der Waals surface area contributed by atoms with E-state index in [9.17, 15) is 4.39 Å². The number of methoxy groups -OCH3 is 1. The highest BCUT2D eigenvalue weighted by molar-refractivity contribution is 5.47. The van der Waals surface area contributed by atoms with Crippen LogP contribution in [0.15, 0.2) is 18.2 Å². The van der Waals surface area contributed by atoms with Crippen LogP contribution in [0.4, 0.5) is 10.1 Å². The van der Waals surface area contributed by atoms with Crippen LogP contribution in [0.25, 0.3) is 0 Å². The monoisotopic (exact) mass is 227 g/mol. The van der Waals surface area contributed by atoms with Crippen LogP contribution < -0.4 is 10.1 Å². The number of benzene rings is 1. The summed E-state index contributed by atoms with van der Waals surface area (Å²) in [6.45, 7) is 4.87. The normalized spacial score (nSPS) is 12.2. The van der Waals surface area contributed by atoms with E-state index in [-0.39, 0.29) is 17.7 Å². The van der Waals surface area contributed by atoms with Crippen molar-refractivity contribution in [3.8, 4) is 5.75 Å². The first-order chi connectivity index (χ1) is 7.67. The van der Waals surface area contributed by atoms with E-state index in [1.54, 1.807) is 19.2 Å². The van der Waals surface area contributed by atoms with Crippen molar-refractivity contribution in [2.75, 3.05) is 25.6 Å². The van der Waals surface area contributed by atoms with Gasteiger partial charge in [-0.3, -0.25) is 0 Å². The Morgan fingerprint density at radius 3 is 2.75 bits per heavy atom.